The van der Waals surface area contributed by atoms with Crippen molar-refractivity contribution in [1.29, 1.82) is 0 Å². The minimum absolute atomic E-state index is 0.0000440. The van der Waals surface area contributed by atoms with Crippen molar-refractivity contribution in [2.75, 3.05) is 6.54 Å². The number of carbonyl (C=O) groups is 5. The smallest absolute Gasteiger partial charge is 0.408 e. The maximum absolute atomic E-state index is 15.0. The molecule has 44 heavy (non-hydrogen) atoms. The average molecular weight is 615 g/mol. The minimum atomic E-state index is -4.41. The summed E-state index contributed by atoms with van der Waals surface area (Å²) in [4.78, 5) is 66.0. The van der Waals surface area contributed by atoms with Crippen molar-refractivity contribution < 1.29 is 37.5 Å². The van der Waals surface area contributed by atoms with Crippen molar-refractivity contribution in [2.45, 2.75) is 77.7 Å². The van der Waals surface area contributed by atoms with Gasteiger partial charge in [0.1, 0.15) is 18.7 Å². The molecule has 0 saturated carbocycles. The maximum atomic E-state index is 15.0. The number of rotatable bonds is 13. The molecule has 4 amide bonds. The number of Topliss-reactive ketones (excluding diaryl/α,β-unsaturated/α-hetero) is 1. The van der Waals surface area contributed by atoms with Crippen molar-refractivity contribution in [3.8, 4) is 0 Å². The lowest BCUT2D eigenvalue weighted by Gasteiger charge is -2.32. The Bertz CT molecular complexity index is 1310. The third kappa shape index (κ3) is 8.84. The summed E-state index contributed by atoms with van der Waals surface area (Å²) < 4.78 is 35.3. The van der Waals surface area contributed by atoms with Gasteiger partial charge in [-0.15, -0.1) is 0 Å². The number of amides is 4. The fourth-order valence-electron chi connectivity index (χ4n) is 4.87. The van der Waals surface area contributed by atoms with Gasteiger partial charge in [-0.2, -0.15) is 8.78 Å². The number of alkyl halides is 2. The van der Waals surface area contributed by atoms with E-state index < -0.39 is 59.6 Å². The second kappa shape index (κ2) is 15.4. The van der Waals surface area contributed by atoms with Crippen LogP contribution >= 0.6 is 0 Å². The molecule has 0 aliphatic carbocycles. The van der Waals surface area contributed by atoms with Gasteiger partial charge in [0, 0.05) is 13.1 Å². The van der Waals surface area contributed by atoms with Crippen LogP contribution in [0.4, 0.5) is 13.6 Å². The van der Waals surface area contributed by atoms with E-state index in [4.69, 9.17) is 4.74 Å². The molecule has 12 heteroatoms. The number of alkyl carbamates (subject to hydrolysis) is 1. The van der Waals surface area contributed by atoms with Crippen LogP contribution in [0.1, 0.15) is 51.7 Å². The summed E-state index contributed by atoms with van der Waals surface area (Å²) in [5.74, 6) is -10.4. The van der Waals surface area contributed by atoms with Gasteiger partial charge in [0.2, 0.25) is 17.6 Å². The first-order valence-electron chi connectivity index (χ1n) is 14.6. The molecule has 1 saturated heterocycles. The second-order valence-electron chi connectivity index (χ2n) is 11.5. The van der Waals surface area contributed by atoms with Crippen LogP contribution in [-0.4, -0.2) is 65.1 Å². The van der Waals surface area contributed by atoms with Crippen molar-refractivity contribution in [2.24, 2.45) is 11.8 Å². The van der Waals surface area contributed by atoms with Gasteiger partial charge in [0.25, 0.3) is 5.91 Å². The molecule has 0 radical (unpaired) electrons. The molecule has 0 spiro atoms. The highest BCUT2D eigenvalue weighted by Gasteiger charge is 2.51. The topological polar surface area (TPSA) is 134 Å². The average Bonchev–Trinajstić information content (AvgIpc) is 3.50. The predicted octanol–water partition coefficient (Wildman–Crippen LogP) is 3.59. The summed E-state index contributed by atoms with van der Waals surface area (Å²) in [6.45, 7) is 6.38. The van der Waals surface area contributed by atoms with Gasteiger partial charge in [-0.1, -0.05) is 88.4 Å². The molecule has 1 heterocycles. The third-order valence-corrected chi connectivity index (χ3v) is 7.39. The highest BCUT2D eigenvalue weighted by molar-refractivity contribution is 6.10. The predicted molar refractivity (Wildman–Crippen MR) is 158 cm³/mol. The van der Waals surface area contributed by atoms with E-state index >= 15 is 8.78 Å². The molecule has 3 rings (SSSR count). The van der Waals surface area contributed by atoms with Gasteiger partial charge in [-0.3, -0.25) is 19.2 Å². The van der Waals surface area contributed by atoms with E-state index in [1.54, 1.807) is 68.4 Å². The van der Waals surface area contributed by atoms with Crippen molar-refractivity contribution in [3.05, 3.63) is 71.8 Å². The van der Waals surface area contributed by atoms with E-state index in [1.807, 2.05) is 6.07 Å². The molecule has 1 aliphatic heterocycles. The Labute approximate surface area is 255 Å². The fourth-order valence-corrected chi connectivity index (χ4v) is 4.87. The summed E-state index contributed by atoms with van der Waals surface area (Å²) in [6, 6.07) is 13.6. The SMILES string of the molecule is CC(C)C(NC(=O)[C@@H]1CCCN1C(=O)[C@@H](NC(=O)OCc1ccccc1)C(C)C)C(=O)C(F)(F)C(=O)NCc1ccccc1. The number of hydrogen-bond acceptors (Lipinski definition) is 6. The molecule has 0 aromatic heterocycles. The number of carbonyl (C=O) groups excluding carboxylic acids is 5. The Hall–Kier alpha value is -4.35. The Morgan fingerprint density at radius 2 is 1.43 bits per heavy atom. The number of ether oxygens (including phenoxy) is 1. The van der Waals surface area contributed by atoms with Crippen LogP contribution in [0.5, 0.6) is 0 Å². The normalized spacial score (nSPS) is 16.3. The molecule has 2 aromatic carbocycles. The standard InChI is InChI=1S/C32H40F2N4O6/c1-20(2)25(27(39)32(33,34)30(42)35-18-22-12-7-5-8-13-22)36-28(40)24-16-11-17-38(24)29(41)26(21(3)4)37-31(43)44-19-23-14-9-6-10-15-23/h5-10,12-15,20-21,24-26H,11,16-19H2,1-4H3,(H,35,42)(H,36,40)(H,37,43)/t24-,25?,26-/m0/s1. The zero-order valence-corrected chi connectivity index (χ0v) is 25.3. The summed E-state index contributed by atoms with van der Waals surface area (Å²) in [5, 5.41) is 7.03. The van der Waals surface area contributed by atoms with Gasteiger partial charge >= 0.3 is 12.0 Å². The van der Waals surface area contributed by atoms with Gasteiger partial charge in [-0.05, 0) is 35.8 Å². The molecule has 1 aliphatic rings. The van der Waals surface area contributed by atoms with Gasteiger partial charge in [0.05, 0.1) is 6.04 Å². The van der Waals surface area contributed by atoms with E-state index in [9.17, 15) is 24.0 Å². The van der Waals surface area contributed by atoms with Crippen LogP contribution in [0.25, 0.3) is 0 Å². The zero-order valence-electron chi connectivity index (χ0n) is 25.3. The zero-order chi connectivity index (χ0) is 32.4. The molecule has 3 atom stereocenters. The lowest BCUT2D eigenvalue weighted by Crippen LogP contribution is -2.60. The van der Waals surface area contributed by atoms with Crippen LogP contribution in [-0.2, 0) is 37.1 Å². The third-order valence-electron chi connectivity index (χ3n) is 7.39. The van der Waals surface area contributed by atoms with Crippen LogP contribution < -0.4 is 16.0 Å². The molecular weight excluding hydrogens is 574 g/mol. The first-order valence-corrected chi connectivity index (χ1v) is 14.6. The number of nitrogens with one attached hydrogen (secondary N) is 3. The number of hydrogen-bond donors (Lipinski definition) is 3. The quantitative estimate of drug-likeness (QED) is 0.296. The highest BCUT2D eigenvalue weighted by atomic mass is 19.3. The summed E-state index contributed by atoms with van der Waals surface area (Å²) in [5.41, 5.74) is 1.34. The van der Waals surface area contributed by atoms with E-state index in [0.29, 0.717) is 12.0 Å². The number of ketones is 1. The van der Waals surface area contributed by atoms with Crippen molar-refractivity contribution in [3.63, 3.8) is 0 Å². The van der Waals surface area contributed by atoms with Crippen LogP contribution in [0.2, 0.25) is 0 Å². The summed E-state index contributed by atoms with van der Waals surface area (Å²) >= 11 is 0. The first-order chi connectivity index (χ1) is 20.8. The van der Waals surface area contributed by atoms with Crippen molar-refractivity contribution >= 4 is 29.6 Å². The van der Waals surface area contributed by atoms with Gasteiger partial charge in [0.15, 0.2) is 0 Å². The Kier molecular flexibility index (Phi) is 11.9. The van der Waals surface area contributed by atoms with E-state index in [2.05, 4.69) is 16.0 Å². The monoisotopic (exact) mass is 614 g/mol. The molecule has 238 valence electrons. The second-order valence-corrected chi connectivity index (χ2v) is 11.5. The molecule has 2 aromatic rings. The van der Waals surface area contributed by atoms with Crippen LogP contribution in [0.3, 0.4) is 0 Å². The Balaban J connectivity index is 1.65. The summed E-state index contributed by atoms with van der Waals surface area (Å²) in [7, 11) is 0. The van der Waals surface area contributed by atoms with E-state index in [1.165, 1.54) is 18.7 Å². The molecular formula is C32H40F2N4O6. The van der Waals surface area contributed by atoms with Crippen LogP contribution in [0, 0.1) is 11.8 Å². The molecule has 10 nitrogen and oxygen atoms in total. The lowest BCUT2D eigenvalue weighted by molar-refractivity contribution is -0.161. The van der Waals surface area contributed by atoms with E-state index in [0.717, 1.165) is 5.56 Å². The van der Waals surface area contributed by atoms with Gasteiger partial charge in [-0.25, -0.2) is 4.79 Å². The van der Waals surface area contributed by atoms with Gasteiger partial charge < -0.3 is 25.6 Å². The van der Waals surface area contributed by atoms with Crippen molar-refractivity contribution in [1.82, 2.24) is 20.9 Å². The first kappa shape index (κ1) is 34.1. The number of halogens is 2. The maximum Gasteiger partial charge on any atom is 0.408 e. The Morgan fingerprint density at radius 3 is 2.00 bits per heavy atom. The molecule has 0 bridgehead atoms. The molecule has 3 N–H and O–H groups in total. The molecule has 1 fully saturated rings. The minimum Gasteiger partial charge on any atom is -0.445 e. The molecule has 1 unspecified atom stereocenters. The number of nitrogens with zero attached hydrogens (tertiary/aromatic N) is 1. The Morgan fingerprint density at radius 1 is 0.864 bits per heavy atom. The fraction of sp³-hybridized carbons (Fsp3) is 0.469. The summed E-state index contributed by atoms with van der Waals surface area (Å²) in [6.07, 6.45) is -0.126. The lowest BCUT2D eigenvalue weighted by atomic mass is 9.94. The number of likely N-dealkylation sites (tertiary alicyclic amines) is 1. The highest BCUT2D eigenvalue weighted by Crippen LogP contribution is 2.24. The van der Waals surface area contributed by atoms with Crippen LogP contribution in [0.15, 0.2) is 60.7 Å². The largest absolute Gasteiger partial charge is 0.445 e. The van der Waals surface area contributed by atoms with E-state index in [-0.39, 0.29) is 32.0 Å². The number of benzene rings is 2.